The second-order valence-electron chi connectivity index (χ2n) is 9.81. The van der Waals surface area contributed by atoms with E-state index in [0.717, 1.165) is 11.6 Å². The zero-order valence-electron chi connectivity index (χ0n) is 19.5. The molecule has 1 fully saturated rings. The molecule has 1 aromatic carbocycles. The van der Waals surface area contributed by atoms with E-state index >= 15 is 0 Å². The van der Waals surface area contributed by atoms with Crippen molar-refractivity contribution in [2.45, 2.75) is 69.9 Å². The van der Waals surface area contributed by atoms with Crippen molar-refractivity contribution < 1.29 is 27.8 Å². The summed E-state index contributed by atoms with van der Waals surface area (Å²) >= 11 is 0. The lowest BCUT2D eigenvalue weighted by atomic mass is 9.98. The number of carbonyl (C=O) groups is 2. The molecule has 2 rings (SSSR count). The highest BCUT2D eigenvalue weighted by molar-refractivity contribution is 6.76. The molecule has 0 unspecified atom stereocenters. The van der Waals surface area contributed by atoms with E-state index in [0.29, 0.717) is 13.0 Å². The molecule has 9 heteroatoms. The number of rotatable bonds is 10. The van der Waals surface area contributed by atoms with Crippen LogP contribution in [0.1, 0.15) is 24.8 Å². The number of halogens is 2. The molecule has 1 aliphatic rings. The second-order valence-corrected chi connectivity index (χ2v) is 15.4. The molecule has 0 spiro atoms. The van der Waals surface area contributed by atoms with Gasteiger partial charge in [0.2, 0.25) is 0 Å². The van der Waals surface area contributed by atoms with Crippen molar-refractivity contribution in [1.29, 1.82) is 0 Å². The van der Waals surface area contributed by atoms with E-state index in [1.165, 1.54) is 4.90 Å². The van der Waals surface area contributed by atoms with Crippen LogP contribution >= 0.6 is 0 Å². The van der Waals surface area contributed by atoms with E-state index in [4.69, 9.17) is 9.47 Å². The van der Waals surface area contributed by atoms with Gasteiger partial charge in [0.15, 0.2) is 0 Å². The quantitative estimate of drug-likeness (QED) is 0.480. The summed E-state index contributed by atoms with van der Waals surface area (Å²) in [7, 11) is 0.261. The van der Waals surface area contributed by atoms with Crippen LogP contribution in [0, 0.1) is 5.92 Å². The van der Waals surface area contributed by atoms with Gasteiger partial charge in [-0.05, 0) is 36.8 Å². The van der Waals surface area contributed by atoms with Crippen molar-refractivity contribution in [2.75, 3.05) is 20.2 Å². The highest BCUT2D eigenvalue weighted by Crippen LogP contribution is 2.33. The highest BCUT2D eigenvalue weighted by atomic mass is 28.3. The van der Waals surface area contributed by atoms with Crippen molar-refractivity contribution >= 4 is 20.3 Å². The molecule has 32 heavy (non-hydrogen) atoms. The van der Waals surface area contributed by atoms with Gasteiger partial charge in [-0.1, -0.05) is 50.0 Å². The molecule has 1 N–H and O–H groups in total. The minimum Gasteiger partial charge on any atom is -0.450 e. The van der Waals surface area contributed by atoms with E-state index in [2.05, 4.69) is 25.0 Å². The molecule has 1 saturated carbocycles. The first-order chi connectivity index (χ1) is 15.0. The van der Waals surface area contributed by atoms with E-state index in [1.807, 2.05) is 30.3 Å². The summed E-state index contributed by atoms with van der Waals surface area (Å²) in [5, 5.41) is 2.76. The molecule has 1 aliphatic carbocycles. The number of nitrogens with one attached hydrogen (secondary N) is 1. The lowest BCUT2D eigenvalue weighted by Gasteiger charge is -2.27. The maximum Gasteiger partial charge on any atom is 0.409 e. The fourth-order valence-corrected chi connectivity index (χ4v) is 4.41. The van der Waals surface area contributed by atoms with Crippen LogP contribution in [0.3, 0.4) is 0 Å². The molecule has 0 radical (unpaired) electrons. The first-order valence-electron chi connectivity index (χ1n) is 11.2. The predicted molar refractivity (Wildman–Crippen MR) is 123 cm³/mol. The molecule has 6 nitrogen and oxygen atoms in total. The Morgan fingerprint density at radius 3 is 2.34 bits per heavy atom. The number of alkyl carbamates (subject to hydrolysis) is 1. The molecule has 1 aromatic rings. The van der Waals surface area contributed by atoms with Gasteiger partial charge in [-0.2, -0.15) is 0 Å². The molecular weight excluding hydrogens is 434 g/mol. The monoisotopic (exact) mass is 470 g/mol. The van der Waals surface area contributed by atoms with Crippen LogP contribution in [0.15, 0.2) is 30.3 Å². The van der Waals surface area contributed by atoms with Crippen LogP contribution in [0.5, 0.6) is 0 Å². The van der Waals surface area contributed by atoms with E-state index in [9.17, 15) is 18.4 Å². The van der Waals surface area contributed by atoms with Crippen LogP contribution < -0.4 is 5.32 Å². The number of alkyl halides is 2. The van der Waals surface area contributed by atoms with Gasteiger partial charge in [-0.3, -0.25) is 0 Å². The van der Waals surface area contributed by atoms with Gasteiger partial charge in [0.05, 0.1) is 12.6 Å². The van der Waals surface area contributed by atoms with Crippen molar-refractivity contribution in [3.63, 3.8) is 0 Å². The van der Waals surface area contributed by atoms with Crippen LogP contribution in [-0.4, -0.2) is 63.7 Å². The van der Waals surface area contributed by atoms with Gasteiger partial charge in [-0.25, -0.2) is 18.4 Å². The molecule has 0 bridgehead atoms. The fourth-order valence-electron chi connectivity index (χ4n) is 3.69. The standard InChI is InChI=1S/C23H36F2N2O4Si/c1-27(23(29)30-10-11-32(2,3)4)15-19(12-18-13-20(24)21(25)14-18)26-22(28)31-16-17-8-6-5-7-9-17/h5-9,18-21H,10-16H2,1-4H3,(H,26,28)/t18-,19-,20+,21-/m0/s1. The number of benzene rings is 1. The van der Waals surface area contributed by atoms with E-state index in [-0.39, 0.29) is 31.9 Å². The van der Waals surface area contributed by atoms with Gasteiger partial charge >= 0.3 is 12.2 Å². The Bertz CT molecular complexity index is 722. The van der Waals surface area contributed by atoms with Crippen molar-refractivity contribution in [2.24, 2.45) is 5.92 Å². The Morgan fingerprint density at radius 2 is 1.75 bits per heavy atom. The van der Waals surface area contributed by atoms with Gasteiger partial charge < -0.3 is 19.7 Å². The first-order valence-corrected chi connectivity index (χ1v) is 14.9. The van der Waals surface area contributed by atoms with Gasteiger partial charge in [0.1, 0.15) is 19.0 Å². The summed E-state index contributed by atoms with van der Waals surface area (Å²) in [5.74, 6) is -0.212. The predicted octanol–water partition coefficient (Wildman–Crippen LogP) is 5.16. The van der Waals surface area contributed by atoms with Gasteiger partial charge in [-0.15, -0.1) is 0 Å². The average Bonchev–Trinajstić information content (AvgIpc) is 3.02. The van der Waals surface area contributed by atoms with Crippen molar-refractivity contribution in [3.05, 3.63) is 35.9 Å². The normalized spacial score (nSPS) is 21.6. The van der Waals surface area contributed by atoms with E-state index < -0.39 is 38.6 Å². The molecule has 4 atom stereocenters. The lowest BCUT2D eigenvalue weighted by Crippen LogP contribution is -2.45. The Hall–Kier alpha value is -2.16. The van der Waals surface area contributed by atoms with Gasteiger partial charge in [0, 0.05) is 21.7 Å². The number of hydrogen-bond acceptors (Lipinski definition) is 4. The number of amides is 2. The lowest BCUT2D eigenvalue weighted by molar-refractivity contribution is 0.106. The Labute approximate surface area is 190 Å². The van der Waals surface area contributed by atoms with E-state index in [1.54, 1.807) is 7.05 Å². The summed E-state index contributed by atoms with van der Waals surface area (Å²) in [6.45, 7) is 7.22. The highest BCUT2D eigenvalue weighted by Gasteiger charge is 2.36. The minimum absolute atomic E-state index is 0.108. The van der Waals surface area contributed by atoms with Crippen LogP contribution in [-0.2, 0) is 16.1 Å². The molecule has 180 valence electrons. The number of ether oxygens (including phenoxy) is 2. The smallest absolute Gasteiger partial charge is 0.409 e. The zero-order valence-corrected chi connectivity index (χ0v) is 20.5. The zero-order chi connectivity index (χ0) is 23.7. The van der Waals surface area contributed by atoms with Crippen molar-refractivity contribution in [3.8, 4) is 0 Å². The summed E-state index contributed by atoms with van der Waals surface area (Å²) in [5.41, 5.74) is 0.846. The first kappa shape index (κ1) is 26.1. The number of nitrogens with zero attached hydrogens (tertiary/aromatic N) is 1. The molecule has 0 saturated heterocycles. The summed E-state index contributed by atoms with van der Waals surface area (Å²) in [4.78, 5) is 26.1. The minimum atomic E-state index is -1.48. The summed E-state index contributed by atoms with van der Waals surface area (Å²) in [6.07, 6.45) is -3.49. The van der Waals surface area contributed by atoms with Crippen LogP contribution in [0.4, 0.5) is 18.4 Å². The molecular formula is C23H36F2N2O4Si. The third kappa shape index (κ3) is 9.54. The molecule has 0 aliphatic heterocycles. The van der Waals surface area contributed by atoms with Gasteiger partial charge in [0.25, 0.3) is 0 Å². The van der Waals surface area contributed by atoms with Crippen LogP contribution in [0.25, 0.3) is 0 Å². The van der Waals surface area contributed by atoms with Crippen LogP contribution in [0.2, 0.25) is 25.7 Å². The largest absolute Gasteiger partial charge is 0.450 e. The second kappa shape index (κ2) is 12.2. The Morgan fingerprint density at radius 1 is 1.12 bits per heavy atom. The topological polar surface area (TPSA) is 67.9 Å². The van der Waals surface area contributed by atoms with Crippen molar-refractivity contribution in [1.82, 2.24) is 10.2 Å². The third-order valence-corrected chi connectivity index (χ3v) is 7.25. The number of carbonyl (C=O) groups excluding carboxylic acids is 2. The maximum atomic E-state index is 13.6. The Kier molecular flexibility index (Phi) is 9.93. The fraction of sp³-hybridized carbons (Fsp3) is 0.652. The maximum absolute atomic E-state index is 13.6. The third-order valence-electron chi connectivity index (χ3n) is 5.55. The SMILES string of the molecule is CN(C[C@H](C[C@H]1C[C@@H](F)[C@@H](F)C1)NC(=O)OCc1ccccc1)C(=O)OCC[Si](C)(C)C. The number of likely N-dealkylation sites (N-methyl/N-ethyl adjacent to an activating group) is 1. The molecule has 0 heterocycles. The number of hydrogen-bond donors (Lipinski definition) is 1. The molecule has 2 amide bonds. The summed E-state index contributed by atoms with van der Waals surface area (Å²) < 4.78 is 37.9. The average molecular weight is 471 g/mol. The summed E-state index contributed by atoms with van der Waals surface area (Å²) in [6, 6.07) is 9.61. The Balaban J connectivity index is 1.90. The molecule has 0 aromatic heterocycles.